The Morgan fingerprint density at radius 1 is 1.08 bits per heavy atom. The van der Waals surface area contributed by atoms with Crippen LogP contribution in [0, 0.1) is 11.3 Å². The molecule has 0 aromatic heterocycles. The number of methoxy groups -OCH3 is 1. The molecule has 0 spiro atoms. The third kappa shape index (κ3) is 7.14. The minimum Gasteiger partial charge on any atom is -0.495 e. The summed E-state index contributed by atoms with van der Waals surface area (Å²) >= 11 is 12.7. The van der Waals surface area contributed by atoms with Gasteiger partial charge in [0.05, 0.1) is 34.0 Å². The molecule has 0 radical (unpaired) electrons. The van der Waals surface area contributed by atoms with Gasteiger partial charge in [-0.2, -0.15) is 9.57 Å². The van der Waals surface area contributed by atoms with Crippen molar-refractivity contribution in [2.75, 3.05) is 59.7 Å². The number of rotatable bonds is 10. The number of amides is 2. The molecule has 1 atom stereocenters. The summed E-state index contributed by atoms with van der Waals surface area (Å²) in [6.07, 6.45) is 2.78. The van der Waals surface area contributed by atoms with Crippen molar-refractivity contribution in [2.24, 2.45) is 0 Å². The molecular formula is C35H41Cl2N5O5S. The van der Waals surface area contributed by atoms with E-state index in [9.17, 15) is 23.3 Å². The van der Waals surface area contributed by atoms with Crippen molar-refractivity contribution < 1.29 is 22.7 Å². The van der Waals surface area contributed by atoms with Gasteiger partial charge in [-0.05, 0) is 73.2 Å². The standard InChI is InChI=1S/C35H41Cl2N5O5S/c1-39-34(44)35(42-15-6-7-19-48(42,45)46)13-17-41(18-14-35)16-12-26(24-10-11-29(36)30(37)21-24)23-40(2)33(43)31-28-9-5-4-8-25(28)20-27(22-38)32(31)47-3/h4-5,8-11,20-21,26H,6-7,12-19,23H2,1-3H3,(H,39,44)/t26-/m1/s1. The monoisotopic (exact) mass is 713 g/mol. The zero-order valence-electron chi connectivity index (χ0n) is 27.5. The highest BCUT2D eigenvalue weighted by atomic mass is 35.5. The summed E-state index contributed by atoms with van der Waals surface area (Å²) < 4.78 is 33.2. The number of carbonyl (C=O) groups is 2. The van der Waals surface area contributed by atoms with E-state index in [1.807, 2.05) is 36.4 Å². The molecule has 256 valence electrons. The quantitative estimate of drug-likeness (QED) is 0.303. The highest BCUT2D eigenvalue weighted by Crippen LogP contribution is 2.37. The number of nitrogens with zero attached hydrogens (tertiary/aromatic N) is 4. The van der Waals surface area contributed by atoms with Crippen LogP contribution in [0.4, 0.5) is 0 Å². The van der Waals surface area contributed by atoms with E-state index in [-0.39, 0.29) is 34.8 Å². The Bertz CT molecular complexity index is 1840. The van der Waals surface area contributed by atoms with Gasteiger partial charge in [-0.25, -0.2) is 8.42 Å². The largest absolute Gasteiger partial charge is 0.495 e. The zero-order valence-corrected chi connectivity index (χ0v) is 29.8. The molecule has 0 aliphatic carbocycles. The maximum atomic E-state index is 14.2. The highest BCUT2D eigenvalue weighted by Gasteiger charge is 2.51. The second-order valence-corrected chi connectivity index (χ2v) is 15.4. The van der Waals surface area contributed by atoms with Gasteiger partial charge in [-0.1, -0.05) is 53.5 Å². The number of hydrogen-bond donors (Lipinski definition) is 1. The van der Waals surface area contributed by atoms with Gasteiger partial charge in [-0.3, -0.25) is 9.59 Å². The number of halogens is 2. The number of nitrogens with one attached hydrogen (secondary N) is 1. The Balaban J connectivity index is 1.37. The van der Waals surface area contributed by atoms with Crippen LogP contribution < -0.4 is 10.1 Å². The number of likely N-dealkylation sites (N-methyl/N-ethyl adjacent to an activating group) is 2. The van der Waals surface area contributed by atoms with E-state index in [0.29, 0.717) is 79.4 Å². The molecule has 3 aromatic carbocycles. The van der Waals surface area contributed by atoms with Crippen LogP contribution in [0.15, 0.2) is 48.5 Å². The third-order valence-electron chi connectivity index (χ3n) is 9.75. The lowest BCUT2D eigenvalue weighted by molar-refractivity contribution is -0.133. The molecule has 2 aliphatic heterocycles. The average Bonchev–Trinajstić information content (AvgIpc) is 3.09. The van der Waals surface area contributed by atoms with E-state index < -0.39 is 15.6 Å². The second-order valence-electron chi connectivity index (χ2n) is 12.6. The molecule has 13 heteroatoms. The number of benzene rings is 3. The number of piperidine rings is 1. The SMILES string of the molecule is CNC(=O)C1(N2CCCCS2(=O)=O)CCN(CC[C@H](CN(C)C(=O)c2c(OC)c(C#N)cc3ccccc23)c2ccc(Cl)c(Cl)c2)CC1. The molecule has 0 saturated carbocycles. The molecule has 10 nitrogen and oxygen atoms in total. The number of sulfonamides is 1. The summed E-state index contributed by atoms with van der Waals surface area (Å²) in [4.78, 5) is 31.3. The summed E-state index contributed by atoms with van der Waals surface area (Å²) in [6, 6.07) is 16.8. The smallest absolute Gasteiger partial charge is 0.258 e. The van der Waals surface area contributed by atoms with Crippen LogP contribution >= 0.6 is 23.2 Å². The van der Waals surface area contributed by atoms with Gasteiger partial charge < -0.3 is 19.9 Å². The Labute approximate surface area is 292 Å². The normalized spacial score (nSPS) is 18.5. The molecule has 1 N–H and O–H groups in total. The van der Waals surface area contributed by atoms with Crippen molar-refractivity contribution in [1.82, 2.24) is 19.4 Å². The van der Waals surface area contributed by atoms with Gasteiger partial charge >= 0.3 is 0 Å². The van der Waals surface area contributed by atoms with Crippen molar-refractivity contribution in [2.45, 2.75) is 43.6 Å². The maximum Gasteiger partial charge on any atom is 0.258 e. The van der Waals surface area contributed by atoms with Gasteiger partial charge in [0.25, 0.3) is 5.91 Å². The molecule has 2 heterocycles. The molecule has 5 rings (SSSR count). The predicted molar refractivity (Wildman–Crippen MR) is 188 cm³/mol. The molecule has 0 unspecified atom stereocenters. The van der Waals surface area contributed by atoms with Gasteiger partial charge in [-0.15, -0.1) is 0 Å². The van der Waals surface area contributed by atoms with Gasteiger partial charge in [0.2, 0.25) is 15.9 Å². The fourth-order valence-electron chi connectivity index (χ4n) is 7.15. The van der Waals surface area contributed by atoms with E-state index in [4.69, 9.17) is 27.9 Å². The van der Waals surface area contributed by atoms with Gasteiger partial charge in [0.15, 0.2) is 0 Å². The lowest BCUT2D eigenvalue weighted by Gasteiger charge is -2.47. The van der Waals surface area contributed by atoms with Crippen molar-refractivity contribution in [3.63, 3.8) is 0 Å². The van der Waals surface area contributed by atoms with Crippen LogP contribution in [0.3, 0.4) is 0 Å². The number of fused-ring (bicyclic) bond motifs is 1. The fraction of sp³-hybridized carbons (Fsp3) is 0.457. The van der Waals surface area contributed by atoms with Crippen LogP contribution in [-0.2, 0) is 14.8 Å². The van der Waals surface area contributed by atoms with E-state index in [2.05, 4.69) is 16.3 Å². The Morgan fingerprint density at radius 2 is 1.81 bits per heavy atom. The number of ether oxygens (including phenoxy) is 1. The first-order valence-electron chi connectivity index (χ1n) is 16.1. The van der Waals surface area contributed by atoms with Crippen molar-refractivity contribution >= 4 is 55.8 Å². The molecule has 2 saturated heterocycles. The summed E-state index contributed by atoms with van der Waals surface area (Å²) in [6.45, 7) is 2.44. The Hall–Kier alpha value is -3.40. The molecular weight excluding hydrogens is 673 g/mol. The summed E-state index contributed by atoms with van der Waals surface area (Å²) in [5, 5.41) is 14.9. The number of carbonyl (C=O) groups excluding carboxylic acids is 2. The van der Waals surface area contributed by atoms with E-state index in [0.717, 1.165) is 17.4 Å². The zero-order chi connectivity index (χ0) is 34.6. The van der Waals surface area contributed by atoms with Gasteiger partial charge in [0, 0.05) is 46.2 Å². The molecule has 48 heavy (non-hydrogen) atoms. The van der Waals surface area contributed by atoms with Crippen LogP contribution in [0.2, 0.25) is 10.0 Å². The van der Waals surface area contributed by atoms with Crippen LogP contribution in [0.5, 0.6) is 5.75 Å². The molecule has 0 bridgehead atoms. The minimum atomic E-state index is -3.53. The van der Waals surface area contributed by atoms with Crippen molar-refractivity contribution in [3.05, 3.63) is 75.3 Å². The van der Waals surface area contributed by atoms with Crippen molar-refractivity contribution in [1.29, 1.82) is 5.26 Å². The predicted octanol–water partition coefficient (Wildman–Crippen LogP) is 5.28. The van der Waals surface area contributed by atoms with Crippen molar-refractivity contribution in [3.8, 4) is 11.8 Å². The topological polar surface area (TPSA) is 123 Å². The average molecular weight is 715 g/mol. The van der Waals surface area contributed by atoms with Crippen LogP contribution in [-0.4, -0.2) is 99.6 Å². The molecule has 3 aromatic rings. The Kier molecular flexibility index (Phi) is 11.2. The fourth-order valence-corrected chi connectivity index (χ4v) is 9.45. The number of likely N-dealkylation sites (tertiary alicyclic amines) is 1. The van der Waals surface area contributed by atoms with Crippen LogP contribution in [0.1, 0.15) is 59.5 Å². The second kappa shape index (κ2) is 15.0. The van der Waals surface area contributed by atoms with E-state index in [1.54, 1.807) is 31.1 Å². The minimum absolute atomic E-state index is 0.0650. The first-order chi connectivity index (χ1) is 22.9. The lowest BCUT2D eigenvalue weighted by atomic mass is 9.85. The summed E-state index contributed by atoms with van der Waals surface area (Å²) in [5.74, 6) is -0.373. The third-order valence-corrected chi connectivity index (χ3v) is 12.5. The first kappa shape index (κ1) is 35.9. The molecule has 2 amide bonds. The lowest BCUT2D eigenvalue weighted by Crippen LogP contribution is -2.65. The molecule has 2 aliphatic rings. The number of nitriles is 1. The first-order valence-corrected chi connectivity index (χ1v) is 18.5. The maximum absolute atomic E-state index is 14.2. The summed E-state index contributed by atoms with van der Waals surface area (Å²) in [7, 11) is 1.22. The molecule has 2 fully saturated rings. The number of hydrogen-bond acceptors (Lipinski definition) is 7. The van der Waals surface area contributed by atoms with E-state index >= 15 is 0 Å². The highest BCUT2D eigenvalue weighted by molar-refractivity contribution is 7.89. The summed E-state index contributed by atoms with van der Waals surface area (Å²) in [5.41, 5.74) is 0.434. The van der Waals surface area contributed by atoms with E-state index in [1.165, 1.54) is 11.4 Å². The van der Waals surface area contributed by atoms with Gasteiger partial charge in [0.1, 0.15) is 17.4 Å². The Morgan fingerprint density at radius 3 is 2.46 bits per heavy atom. The van der Waals surface area contributed by atoms with Crippen LogP contribution in [0.25, 0.3) is 10.8 Å².